The summed E-state index contributed by atoms with van der Waals surface area (Å²) < 4.78 is 0. The third-order valence-electron chi connectivity index (χ3n) is 2.29. The Morgan fingerprint density at radius 3 is 2.18 bits per heavy atom. The minimum absolute atomic E-state index is 0.233. The third-order valence-corrected chi connectivity index (χ3v) is 3.19. The summed E-state index contributed by atoms with van der Waals surface area (Å²) in [5, 5.41) is 1.22. The van der Waals surface area contributed by atoms with Crippen LogP contribution in [0.15, 0.2) is 42.5 Å². The van der Waals surface area contributed by atoms with Crippen LogP contribution in [0, 0.1) is 0 Å². The summed E-state index contributed by atoms with van der Waals surface area (Å²) in [6.45, 7) is 0. The van der Waals surface area contributed by atoms with E-state index in [4.69, 9.17) is 34.8 Å². The molecule has 0 saturated heterocycles. The Morgan fingerprint density at radius 2 is 1.47 bits per heavy atom. The zero-order valence-electron chi connectivity index (χ0n) is 8.58. The van der Waals surface area contributed by atoms with Crippen LogP contribution < -0.4 is 0 Å². The summed E-state index contributed by atoms with van der Waals surface area (Å²) in [6, 6.07) is 11.6. The molecule has 0 N–H and O–H groups in total. The Balaban J connectivity index is 2.51. The zero-order chi connectivity index (χ0) is 12.4. The molecular formula is C13H7Cl3O. The lowest BCUT2D eigenvalue weighted by molar-refractivity contribution is 0.103. The smallest absolute Gasteiger partial charge is 0.196 e. The molecule has 2 rings (SSSR count). The molecule has 2 aromatic rings. The minimum atomic E-state index is -0.233. The van der Waals surface area contributed by atoms with Crippen LogP contribution in [0.5, 0.6) is 0 Å². The van der Waals surface area contributed by atoms with Crippen LogP contribution in [-0.4, -0.2) is 5.78 Å². The SMILES string of the molecule is O=C(c1ccccc1Cl)c1cc(Cl)ccc1Cl. The second kappa shape index (κ2) is 5.09. The Kier molecular flexibility index (Phi) is 3.72. The maximum atomic E-state index is 12.2. The first-order valence-electron chi connectivity index (χ1n) is 4.84. The zero-order valence-corrected chi connectivity index (χ0v) is 10.9. The standard InChI is InChI=1S/C13H7Cl3O/c14-8-5-6-12(16)10(7-8)13(17)9-3-1-2-4-11(9)15/h1-7H. The van der Waals surface area contributed by atoms with E-state index in [0.717, 1.165) is 0 Å². The molecule has 17 heavy (non-hydrogen) atoms. The lowest BCUT2D eigenvalue weighted by atomic mass is 10.0. The number of ketones is 1. The highest BCUT2D eigenvalue weighted by atomic mass is 35.5. The molecule has 0 fully saturated rings. The molecule has 0 amide bonds. The van der Waals surface area contributed by atoms with E-state index >= 15 is 0 Å². The first kappa shape index (κ1) is 12.4. The van der Waals surface area contributed by atoms with Gasteiger partial charge < -0.3 is 0 Å². The number of hydrogen-bond acceptors (Lipinski definition) is 1. The van der Waals surface area contributed by atoms with Gasteiger partial charge in [-0.25, -0.2) is 0 Å². The molecule has 0 unspecified atom stereocenters. The molecule has 4 heteroatoms. The van der Waals surface area contributed by atoms with Crippen LogP contribution in [0.25, 0.3) is 0 Å². The topological polar surface area (TPSA) is 17.1 Å². The summed E-state index contributed by atoms with van der Waals surface area (Å²) in [4.78, 5) is 12.2. The number of benzene rings is 2. The van der Waals surface area contributed by atoms with Crippen molar-refractivity contribution in [3.05, 3.63) is 68.7 Å². The highest BCUT2D eigenvalue weighted by Crippen LogP contribution is 2.26. The largest absolute Gasteiger partial charge is 0.288 e. The monoisotopic (exact) mass is 284 g/mol. The van der Waals surface area contributed by atoms with Crippen molar-refractivity contribution in [3.8, 4) is 0 Å². The molecule has 0 atom stereocenters. The third kappa shape index (κ3) is 2.63. The predicted molar refractivity (Wildman–Crippen MR) is 71.3 cm³/mol. The number of carbonyl (C=O) groups excluding carboxylic acids is 1. The van der Waals surface area contributed by atoms with Crippen molar-refractivity contribution in [3.63, 3.8) is 0 Å². The van der Waals surface area contributed by atoms with Crippen LogP contribution in [0.4, 0.5) is 0 Å². The molecule has 0 heterocycles. The molecule has 0 aliphatic carbocycles. The van der Waals surface area contributed by atoms with Gasteiger partial charge in [-0.2, -0.15) is 0 Å². The minimum Gasteiger partial charge on any atom is -0.288 e. The van der Waals surface area contributed by atoms with Gasteiger partial charge in [0.25, 0.3) is 0 Å². The fourth-order valence-electron chi connectivity index (χ4n) is 1.46. The molecule has 0 aliphatic rings. The number of rotatable bonds is 2. The molecule has 1 nitrogen and oxygen atoms in total. The fourth-order valence-corrected chi connectivity index (χ4v) is 2.06. The first-order chi connectivity index (χ1) is 8.09. The van der Waals surface area contributed by atoms with Crippen LogP contribution in [-0.2, 0) is 0 Å². The number of hydrogen-bond donors (Lipinski definition) is 0. The van der Waals surface area contributed by atoms with Crippen molar-refractivity contribution in [2.45, 2.75) is 0 Å². The Hall–Kier alpha value is -1.02. The van der Waals surface area contributed by atoms with Crippen molar-refractivity contribution in [2.24, 2.45) is 0 Å². The highest BCUT2D eigenvalue weighted by Gasteiger charge is 2.15. The van der Waals surface area contributed by atoms with E-state index in [-0.39, 0.29) is 5.78 Å². The molecule has 0 spiro atoms. The van der Waals surface area contributed by atoms with Gasteiger partial charge in [0.2, 0.25) is 0 Å². The van der Waals surface area contributed by atoms with E-state index in [1.807, 2.05) is 0 Å². The van der Waals surface area contributed by atoms with Gasteiger partial charge >= 0.3 is 0 Å². The summed E-state index contributed by atoms with van der Waals surface area (Å²) in [6.07, 6.45) is 0. The van der Waals surface area contributed by atoms with Crippen LogP contribution in [0.3, 0.4) is 0 Å². The summed E-state index contributed by atoms with van der Waals surface area (Å²) in [5.41, 5.74) is 0.769. The molecule has 2 aromatic carbocycles. The van der Waals surface area contributed by atoms with Gasteiger partial charge in [0, 0.05) is 16.1 Å². The maximum absolute atomic E-state index is 12.2. The number of halogens is 3. The Labute approximate surface area is 114 Å². The van der Waals surface area contributed by atoms with Gasteiger partial charge in [0.15, 0.2) is 5.78 Å². The van der Waals surface area contributed by atoms with E-state index in [1.54, 1.807) is 36.4 Å². The second-order valence-electron chi connectivity index (χ2n) is 3.43. The van der Waals surface area contributed by atoms with E-state index in [2.05, 4.69) is 0 Å². The second-order valence-corrected chi connectivity index (χ2v) is 4.68. The van der Waals surface area contributed by atoms with E-state index in [9.17, 15) is 4.79 Å². The lowest BCUT2D eigenvalue weighted by Crippen LogP contribution is -2.02. The van der Waals surface area contributed by atoms with Crippen molar-refractivity contribution in [1.29, 1.82) is 0 Å². The van der Waals surface area contributed by atoms with Gasteiger partial charge in [0.05, 0.1) is 10.0 Å². The van der Waals surface area contributed by atoms with Gasteiger partial charge in [-0.05, 0) is 30.3 Å². The molecule has 0 bridgehead atoms. The van der Waals surface area contributed by atoms with Crippen LogP contribution in [0.2, 0.25) is 15.1 Å². The fraction of sp³-hybridized carbons (Fsp3) is 0. The molecule has 0 aliphatic heterocycles. The molecule has 0 saturated carbocycles. The molecule has 0 radical (unpaired) electrons. The van der Waals surface area contributed by atoms with Gasteiger partial charge in [0.1, 0.15) is 0 Å². The van der Waals surface area contributed by atoms with Gasteiger partial charge in [-0.3, -0.25) is 4.79 Å². The normalized spacial score (nSPS) is 10.3. The number of carbonyl (C=O) groups is 1. The van der Waals surface area contributed by atoms with Crippen LogP contribution in [0.1, 0.15) is 15.9 Å². The van der Waals surface area contributed by atoms with Crippen LogP contribution >= 0.6 is 34.8 Å². The average Bonchev–Trinajstić information content (AvgIpc) is 2.32. The quantitative estimate of drug-likeness (QED) is 0.719. The van der Waals surface area contributed by atoms with Gasteiger partial charge in [-0.1, -0.05) is 46.9 Å². The summed E-state index contributed by atoms with van der Waals surface area (Å²) in [5.74, 6) is -0.233. The summed E-state index contributed by atoms with van der Waals surface area (Å²) in [7, 11) is 0. The molecule has 86 valence electrons. The molecule has 0 aromatic heterocycles. The van der Waals surface area contributed by atoms with Gasteiger partial charge in [-0.15, -0.1) is 0 Å². The van der Waals surface area contributed by atoms with E-state index < -0.39 is 0 Å². The van der Waals surface area contributed by atoms with Crippen molar-refractivity contribution < 1.29 is 4.79 Å². The highest BCUT2D eigenvalue weighted by molar-refractivity contribution is 6.39. The van der Waals surface area contributed by atoms with E-state index in [0.29, 0.717) is 26.2 Å². The van der Waals surface area contributed by atoms with Crippen molar-refractivity contribution in [1.82, 2.24) is 0 Å². The van der Waals surface area contributed by atoms with Crippen molar-refractivity contribution >= 4 is 40.6 Å². The Bertz CT molecular complexity index is 579. The Morgan fingerprint density at radius 1 is 0.824 bits per heavy atom. The lowest BCUT2D eigenvalue weighted by Gasteiger charge is -2.05. The first-order valence-corrected chi connectivity index (χ1v) is 5.97. The average molecular weight is 286 g/mol. The molecular weight excluding hydrogens is 279 g/mol. The van der Waals surface area contributed by atoms with Crippen molar-refractivity contribution in [2.75, 3.05) is 0 Å². The summed E-state index contributed by atoms with van der Waals surface area (Å²) >= 11 is 17.8. The predicted octanol–water partition coefficient (Wildman–Crippen LogP) is 4.88. The maximum Gasteiger partial charge on any atom is 0.196 e. The van der Waals surface area contributed by atoms with E-state index in [1.165, 1.54) is 6.07 Å².